The number of fused-ring (bicyclic) bond motifs is 1. The zero-order valence-electron chi connectivity index (χ0n) is 12.1. The van der Waals surface area contributed by atoms with Crippen LogP contribution in [0.5, 0.6) is 5.75 Å². The molecule has 0 amide bonds. The molecule has 0 saturated carbocycles. The van der Waals surface area contributed by atoms with Gasteiger partial charge in [-0.3, -0.25) is 0 Å². The normalized spacial score (nSPS) is 9.82. The van der Waals surface area contributed by atoms with Gasteiger partial charge in [-0.1, -0.05) is 36.4 Å². The SMILES string of the molecule is O=C[O-].Oc1ccc2cc[n+](CCc3ccccc3)cc2c1. The predicted octanol–water partition coefficient (Wildman–Crippen LogP) is 1.44. The van der Waals surface area contributed by atoms with Crippen molar-refractivity contribution >= 4 is 17.2 Å². The van der Waals surface area contributed by atoms with Crippen molar-refractivity contribution < 1.29 is 19.6 Å². The van der Waals surface area contributed by atoms with Crippen molar-refractivity contribution in [3.05, 3.63) is 72.6 Å². The van der Waals surface area contributed by atoms with E-state index in [9.17, 15) is 5.11 Å². The van der Waals surface area contributed by atoms with E-state index in [1.165, 1.54) is 5.56 Å². The van der Waals surface area contributed by atoms with E-state index in [-0.39, 0.29) is 0 Å². The van der Waals surface area contributed by atoms with Crippen molar-refractivity contribution in [3.8, 4) is 5.75 Å². The summed E-state index contributed by atoms with van der Waals surface area (Å²) < 4.78 is 2.16. The molecule has 0 unspecified atom stereocenters. The highest BCUT2D eigenvalue weighted by Gasteiger charge is 2.04. The zero-order valence-corrected chi connectivity index (χ0v) is 12.1. The summed E-state index contributed by atoms with van der Waals surface area (Å²) in [6.45, 7) is 0.440. The number of carbonyl (C=O) groups excluding carboxylic acids is 1. The number of aromatic nitrogens is 1. The molecule has 3 rings (SSSR count). The first-order chi connectivity index (χ1) is 10.7. The number of benzene rings is 2. The minimum atomic E-state index is -0.500. The number of phenols is 1. The third-order valence-corrected chi connectivity index (χ3v) is 3.32. The maximum absolute atomic E-state index is 9.52. The summed E-state index contributed by atoms with van der Waals surface area (Å²) in [7, 11) is 0. The Morgan fingerprint density at radius 3 is 2.50 bits per heavy atom. The zero-order chi connectivity index (χ0) is 15.8. The topological polar surface area (TPSA) is 64.2 Å². The molecule has 1 aromatic heterocycles. The number of phenolic OH excluding ortho intramolecular Hbond substituents is 1. The van der Waals surface area contributed by atoms with Crippen molar-refractivity contribution in [1.82, 2.24) is 0 Å². The molecule has 2 aromatic carbocycles. The van der Waals surface area contributed by atoms with Gasteiger partial charge in [-0.05, 0) is 23.1 Å². The molecule has 0 bridgehead atoms. The number of hydrogen-bond acceptors (Lipinski definition) is 3. The highest BCUT2D eigenvalue weighted by atomic mass is 16.3. The molecule has 0 saturated heterocycles. The first-order valence-corrected chi connectivity index (χ1v) is 6.94. The Morgan fingerprint density at radius 1 is 1.05 bits per heavy atom. The third-order valence-electron chi connectivity index (χ3n) is 3.32. The average Bonchev–Trinajstić information content (AvgIpc) is 2.54. The van der Waals surface area contributed by atoms with E-state index in [0.717, 1.165) is 23.7 Å². The van der Waals surface area contributed by atoms with E-state index in [0.29, 0.717) is 5.75 Å². The molecule has 4 heteroatoms. The predicted molar refractivity (Wildman–Crippen MR) is 82.0 cm³/mol. The molecule has 0 aliphatic rings. The highest BCUT2D eigenvalue weighted by Crippen LogP contribution is 2.17. The maximum atomic E-state index is 9.52. The fourth-order valence-electron chi connectivity index (χ4n) is 2.27. The second-order valence-electron chi connectivity index (χ2n) is 4.83. The number of aromatic hydroxyl groups is 1. The van der Waals surface area contributed by atoms with Gasteiger partial charge < -0.3 is 15.0 Å². The van der Waals surface area contributed by atoms with Crippen molar-refractivity contribution in [1.29, 1.82) is 0 Å². The number of pyridine rings is 1. The fourth-order valence-corrected chi connectivity index (χ4v) is 2.27. The van der Waals surface area contributed by atoms with Crippen LogP contribution in [-0.2, 0) is 17.8 Å². The van der Waals surface area contributed by atoms with Crippen molar-refractivity contribution in [2.45, 2.75) is 13.0 Å². The van der Waals surface area contributed by atoms with Gasteiger partial charge in [0.25, 0.3) is 0 Å². The number of carbonyl (C=O) groups is 1. The number of carboxylic acid groups (broad SMARTS) is 1. The van der Waals surface area contributed by atoms with Crippen LogP contribution in [0.15, 0.2) is 67.0 Å². The summed E-state index contributed by atoms with van der Waals surface area (Å²) in [6.07, 6.45) is 5.18. The Kier molecular flexibility index (Phi) is 5.49. The molecule has 0 radical (unpaired) electrons. The van der Waals surface area contributed by atoms with Crippen LogP contribution in [0.4, 0.5) is 0 Å². The molecule has 0 aliphatic carbocycles. The summed E-state index contributed by atoms with van der Waals surface area (Å²) in [6, 6.07) is 18.0. The van der Waals surface area contributed by atoms with Gasteiger partial charge in [-0.2, -0.15) is 0 Å². The molecular formula is C18H17NO3. The van der Waals surface area contributed by atoms with Crippen LogP contribution >= 0.6 is 0 Å². The van der Waals surface area contributed by atoms with Crippen LogP contribution < -0.4 is 9.67 Å². The Bertz CT molecular complexity index is 742. The number of aryl methyl sites for hydroxylation is 2. The van der Waals surface area contributed by atoms with Gasteiger partial charge in [0.15, 0.2) is 18.9 Å². The van der Waals surface area contributed by atoms with Crippen molar-refractivity contribution in [3.63, 3.8) is 0 Å². The number of nitrogens with zero attached hydrogens (tertiary/aromatic N) is 1. The van der Waals surface area contributed by atoms with Crippen molar-refractivity contribution in [2.24, 2.45) is 0 Å². The van der Waals surface area contributed by atoms with Gasteiger partial charge in [0.2, 0.25) is 0 Å². The van der Waals surface area contributed by atoms with E-state index in [1.54, 1.807) is 12.1 Å². The van der Waals surface area contributed by atoms with Crippen LogP contribution in [0, 0.1) is 0 Å². The van der Waals surface area contributed by atoms with Crippen LogP contribution in [0.1, 0.15) is 5.56 Å². The standard InChI is InChI=1S/C17H15NO.CH2O2/c19-17-7-6-15-9-11-18(13-16(15)12-17)10-8-14-4-2-1-3-5-14;2-1-3/h1-7,9,11-13H,8,10H2;1H,(H,2,3). The molecule has 1 N–H and O–H groups in total. The summed E-state index contributed by atoms with van der Waals surface area (Å²) >= 11 is 0. The number of hydrogen-bond donors (Lipinski definition) is 1. The average molecular weight is 295 g/mol. The van der Waals surface area contributed by atoms with Gasteiger partial charge in [-0.25, -0.2) is 4.57 Å². The molecule has 4 nitrogen and oxygen atoms in total. The molecule has 22 heavy (non-hydrogen) atoms. The first-order valence-electron chi connectivity index (χ1n) is 6.94. The smallest absolute Gasteiger partial charge is 0.176 e. The molecule has 0 aliphatic heterocycles. The van der Waals surface area contributed by atoms with E-state index in [1.807, 2.05) is 12.1 Å². The third kappa shape index (κ3) is 4.31. The molecule has 1 heterocycles. The second kappa shape index (κ2) is 7.78. The van der Waals surface area contributed by atoms with Crippen LogP contribution in [0.3, 0.4) is 0 Å². The van der Waals surface area contributed by atoms with Crippen molar-refractivity contribution in [2.75, 3.05) is 0 Å². The van der Waals surface area contributed by atoms with Gasteiger partial charge in [0, 0.05) is 24.3 Å². The Morgan fingerprint density at radius 2 is 1.77 bits per heavy atom. The van der Waals surface area contributed by atoms with Gasteiger partial charge in [-0.15, -0.1) is 0 Å². The molecule has 112 valence electrons. The molecule has 0 fully saturated rings. The summed E-state index contributed by atoms with van der Waals surface area (Å²) in [5.41, 5.74) is 1.34. The Labute approximate surface area is 128 Å². The molecule has 3 aromatic rings. The highest BCUT2D eigenvalue weighted by molar-refractivity contribution is 5.81. The summed E-state index contributed by atoms with van der Waals surface area (Å²) in [4.78, 5) is 8.25. The maximum Gasteiger partial charge on any atom is 0.176 e. The first kappa shape index (κ1) is 15.5. The summed E-state index contributed by atoms with van der Waals surface area (Å²) in [5, 5.41) is 20.0. The van der Waals surface area contributed by atoms with Gasteiger partial charge in [0.1, 0.15) is 5.75 Å². The minimum Gasteiger partial charge on any atom is -0.554 e. The minimum absolute atomic E-state index is 0.313. The second-order valence-corrected chi connectivity index (χ2v) is 4.83. The lowest BCUT2D eigenvalue weighted by molar-refractivity contribution is -0.695. The van der Waals surface area contributed by atoms with E-state index >= 15 is 0 Å². The quantitative estimate of drug-likeness (QED) is 0.587. The van der Waals surface area contributed by atoms with E-state index < -0.39 is 6.47 Å². The van der Waals surface area contributed by atoms with E-state index in [2.05, 4.69) is 47.3 Å². The lowest BCUT2D eigenvalue weighted by Crippen LogP contribution is -2.33. The van der Waals surface area contributed by atoms with E-state index in [4.69, 9.17) is 9.90 Å². The lowest BCUT2D eigenvalue weighted by Gasteiger charge is -2.01. The number of rotatable bonds is 3. The molecular weight excluding hydrogens is 278 g/mol. The fraction of sp³-hybridized carbons (Fsp3) is 0.111. The Balaban J connectivity index is 0.000000545. The largest absolute Gasteiger partial charge is 0.554 e. The monoisotopic (exact) mass is 295 g/mol. The van der Waals surface area contributed by atoms with Crippen LogP contribution in [-0.4, -0.2) is 11.6 Å². The van der Waals surface area contributed by atoms with Crippen LogP contribution in [0.2, 0.25) is 0 Å². The summed E-state index contributed by atoms with van der Waals surface area (Å²) in [5.74, 6) is 0.313. The lowest BCUT2D eigenvalue weighted by atomic mass is 10.1. The molecule has 0 atom stereocenters. The Hall–Kier alpha value is -2.88. The van der Waals surface area contributed by atoms with Crippen LogP contribution in [0.25, 0.3) is 10.8 Å². The van der Waals surface area contributed by atoms with Gasteiger partial charge in [0.05, 0.1) is 0 Å². The van der Waals surface area contributed by atoms with Gasteiger partial charge >= 0.3 is 0 Å². The molecule has 0 spiro atoms.